The number of halogens is 1. The van der Waals surface area contributed by atoms with Crippen LogP contribution in [0.1, 0.15) is 23.6 Å². The summed E-state index contributed by atoms with van der Waals surface area (Å²) in [5, 5.41) is 16.5. The van der Waals surface area contributed by atoms with E-state index in [4.69, 9.17) is 11.6 Å². The molecule has 0 aliphatic heterocycles. The van der Waals surface area contributed by atoms with Gasteiger partial charge in [0.1, 0.15) is 5.60 Å². The normalized spacial score (nSPS) is 13.2. The smallest absolute Gasteiger partial charge is 0.314 e. The van der Waals surface area contributed by atoms with Crippen molar-refractivity contribution in [2.45, 2.75) is 25.9 Å². The average Bonchev–Trinajstić information content (AvgIpc) is 2.55. The molecular formula is C18H22ClN3O2. The van der Waals surface area contributed by atoms with Crippen molar-refractivity contribution < 1.29 is 9.90 Å². The highest BCUT2D eigenvalue weighted by molar-refractivity contribution is 6.31. The Balaban J connectivity index is 1.81. The zero-order valence-corrected chi connectivity index (χ0v) is 14.6. The van der Waals surface area contributed by atoms with Gasteiger partial charge in [0.05, 0.1) is 6.54 Å². The van der Waals surface area contributed by atoms with Crippen molar-refractivity contribution in [2.75, 3.05) is 13.1 Å². The van der Waals surface area contributed by atoms with Gasteiger partial charge in [0, 0.05) is 29.5 Å². The molecule has 2 rings (SSSR count). The lowest BCUT2D eigenvalue weighted by Gasteiger charge is -2.25. The van der Waals surface area contributed by atoms with Crippen molar-refractivity contribution in [2.24, 2.45) is 0 Å². The summed E-state index contributed by atoms with van der Waals surface area (Å²) in [5.41, 5.74) is 1.59. The predicted molar refractivity (Wildman–Crippen MR) is 95.1 cm³/mol. The van der Waals surface area contributed by atoms with Gasteiger partial charge in [-0.3, -0.25) is 4.98 Å². The summed E-state index contributed by atoms with van der Waals surface area (Å²) in [6.45, 7) is 4.18. The molecule has 1 heterocycles. The first kappa shape index (κ1) is 18.2. The zero-order valence-electron chi connectivity index (χ0n) is 13.8. The van der Waals surface area contributed by atoms with Gasteiger partial charge in [0.2, 0.25) is 0 Å². The van der Waals surface area contributed by atoms with E-state index < -0.39 is 5.60 Å². The fourth-order valence-electron chi connectivity index (χ4n) is 2.40. The number of benzene rings is 1. The summed E-state index contributed by atoms with van der Waals surface area (Å²) in [4.78, 5) is 15.9. The monoisotopic (exact) mass is 347 g/mol. The lowest BCUT2D eigenvalue weighted by atomic mass is 9.96. The topological polar surface area (TPSA) is 74.2 Å². The van der Waals surface area contributed by atoms with E-state index in [-0.39, 0.29) is 12.6 Å². The summed E-state index contributed by atoms with van der Waals surface area (Å²) in [6.07, 6.45) is 4.27. The van der Waals surface area contributed by atoms with Crippen LogP contribution in [0.5, 0.6) is 0 Å². The maximum atomic E-state index is 11.9. The second-order valence-electron chi connectivity index (χ2n) is 5.92. The van der Waals surface area contributed by atoms with Crippen LogP contribution in [0.15, 0.2) is 42.7 Å². The van der Waals surface area contributed by atoms with Crippen molar-refractivity contribution in [3.8, 4) is 0 Å². The quantitative estimate of drug-likeness (QED) is 0.752. The van der Waals surface area contributed by atoms with Gasteiger partial charge in [-0.05, 0) is 43.5 Å². The molecule has 2 aromatic rings. The van der Waals surface area contributed by atoms with Crippen molar-refractivity contribution in [3.05, 3.63) is 64.4 Å². The van der Waals surface area contributed by atoms with E-state index in [0.29, 0.717) is 17.1 Å². The second-order valence-corrected chi connectivity index (χ2v) is 6.32. The van der Waals surface area contributed by atoms with Crippen LogP contribution in [0.3, 0.4) is 0 Å². The van der Waals surface area contributed by atoms with Crippen LogP contribution in [-0.2, 0) is 12.0 Å². The molecule has 0 aliphatic carbocycles. The highest BCUT2D eigenvalue weighted by atomic mass is 35.5. The van der Waals surface area contributed by atoms with Crippen LogP contribution in [-0.4, -0.2) is 29.2 Å². The summed E-state index contributed by atoms with van der Waals surface area (Å²) < 4.78 is 0. The molecule has 128 valence electrons. The number of nitrogens with zero attached hydrogens (tertiary/aromatic N) is 1. The van der Waals surface area contributed by atoms with Crippen LogP contribution in [0.25, 0.3) is 0 Å². The number of aryl methyl sites for hydroxylation is 1. The van der Waals surface area contributed by atoms with Crippen molar-refractivity contribution in [1.82, 2.24) is 15.6 Å². The van der Waals surface area contributed by atoms with E-state index in [1.807, 2.05) is 13.0 Å². The maximum Gasteiger partial charge on any atom is 0.314 e. The number of urea groups is 1. The van der Waals surface area contributed by atoms with Gasteiger partial charge in [-0.2, -0.15) is 0 Å². The summed E-state index contributed by atoms with van der Waals surface area (Å²) in [6, 6.07) is 8.66. The van der Waals surface area contributed by atoms with Crippen LogP contribution < -0.4 is 10.6 Å². The third-order valence-electron chi connectivity index (χ3n) is 3.86. The molecule has 0 radical (unpaired) electrons. The molecule has 0 fully saturated rings. The number of hydrogen-bond acceptors (Lipinski definition) is 3. The Kier molecular flexibility index (Phi) is 6.17. The minimum absolute atomic E-state index is 0.0663. The minimum Gasteiger partial charge on any atom is -0.384 e. The average molecular weight is 348 g/mol. The molecule has 3 N–H and O–H groups in total. The summed E-state index contributed by atoms with van der Waals surface area (Å²) in [7, 11) is 0. The Bertz CT molecular complexity index is 704. The Morgan fingerprint density at radius 1 is 1.29 bits per heavy atom. The number of nitrogens with one attached hydrogen (secondary N) is 2. The number of carbonyl (C=O) groups is 1. The van der Waals surface area contributed by atoms with Gasteiger partial charge in [-0.25, -0.2) is 4.79 Å². The maximum absolute atomic E-state index is 11.9. The van der Waals surface area contributed by atoms with Gasteiger partial charge < -0.3 is 15.7 Å². The first-order chi connectivity index (χ1) is 11.4. The van der Waals surface area contributed by atoms with Crippen LogP contribution in [0, 0.1) is 6.92 Å². The van der Waals surface area contributed by atoms with Gasteiger partial charge >= 0.3 is 6.03 Å². The van der Waals surface area contributed by atoms with E-state index >= 15 is 0 Å². The summed E-state index contributed by atoms with van der Waals surface area (Å²) >= 11 is 6.10. The lowest BCUT2D eigenvalue weighted by Crippen LogP contribution is -2.44. The molecule has 1 aromatic carbocycles. The van der Waals surface area contributed by atoms with E-state index in [1.54, 1.807) is 43.6 Å². The highest BCUT2D eigenvalue weighted by Crippen LogP contribution is 2.27. The number of rotatable bonds is 6. The van der Waals surface area contributed by atoms with Crippen LogP contribution in [0.4, 0.5) is 4.79 Å². The van der Waals surface area contributed by atoms with Gasteiger partial charge in [-0.15, -0.1) is 0 Å². The molecule has 1 aromatic heterocycles. The largest absolute Gasteiger partial charge is 0.384 e. The molecule has 5 nitrogen and oxygen atoms in total. The Hall–Kier alpha value is -2.11. The van der Waals surface area contributed by atoms with E-state index in [9.17, 15) is 9.90 Å². The number of carbonyl (C=O) groups excluding carboxylic acids is 1. The van der Waals surface area contributed by atoms with Crippen LogP contribution >= 0.6 is 11.6 Å². The molecule has 0 aliphatic rings. The molecule has 2 amide bonds. The Morgan fingerprint density at radius 3 is 2.75 bits per heavy atom. The third kappa shape index (κ3) is 4.94. The minimum atomic E-state index is -1.24. The first-order valence-corrected chi connectivity index (χ1v) is 8.16. The Labute approximate surface area is 147 Å². The molecule has 0 saturated heterocycles. The third-order valence-corrected chi connectivity index (χ3v) is 4.19. The van der Waals surface area contributed by atoms with Crippen molar-refractivity contribution in [3.63, 3.8) is 0 Å². The predicted octanol–water partition coefficient (Wildman–Crippen LogP) is 2.79. The van der Waals surface area contributed by atoms with Gasteiger partial charge in [-0.1, -0.05) is 29.8 Å². The van der Waals surface area contributed by atoms with Crippen molar-refractivity contribution in [1.29, 1.82) is 0 Å². The standard InChI is InChI=1S/C18H22ClN3O2/c1-13-11-20-9-7-14(13)8-10-21-17(23)22-12-18(2,24)15-5-3-4-6-16(15)19/h3-7,9,11,24H,8,10,12H2,1-2H3,(H2,21,22,23). The SMILES string of the molecule is Cc1cnccc1CCNC(=O)NCC(C)(O)c1ccccc1Cl. The Morgan fingerprint density at radius 2 is 2.04 bits per heavy atom. The van der Waals surface area contributed by atoms with Gasteiger partial charge in [0.15, 0.2) is 0 Å². The first-order valence-electron chi connectivity index (χ1n) is 7.79. The number of aromatic nitrogens is 1. The van der Waals surface area contributed by atoms with Gasteiger partial charge in [0.25, 0.3) is 0 Å². The molecule has 0 bridgehead atoms. The number of aliphatic hydroxyl groups is 1. The summed E-state index contributed by atoms with van der Waals surface area (Å²) in [5.74, 6) is 0. The molecule has 1 atom stereocenters. The molecule has 0 saturated carbocycles. The molecular weight excluding hydrogens is 326 g/mol. The number of amides is 2. The van der Waals surface area contributed by atoms with E-state index in [0.717, 1.165) is 17.5 Å². The number of hydrogen-bond donors (Lipinski definition) is 3. The zero-order chi connectivity index (χ0) is 17.6. The molecule has 6 heteroatoms. The van der Waals surface area contributed by atoms with Crippen LogP contribution in [0.2, 0.25) is 5.02 Å². The number of pyridine rings is 1. The second kappa shape index (κ2) is 8.13. The highest BCUT2D eigenvalue weighted by Gasteiger charge is 2.25. The molecule has 24 heavy (non-hydrogen) atoms. The van der Waals surface area contributed by atoms with E-state index in [2.05, 4.69) is 15.6 Å². The van der Waals surface area contributed by atoms with E-state index in [1.165, 1.54) is 0 Å². The molecule has 1 unspecified atom stereocenters. The molecule has 0 spiro atoms. The fourth-order valence-corrected chi connectivity index (χ4v) is 2.74. The lowest BCUT2D eigenvalue weighted by molar-refractivity contribution is 0.0595. The van der Waals surface area contributed by atoms with Crippen molar-refractivity contribution >= 4 is 17.6 Å². The fraction of sp³-hybridized carbons (Fsp3) is 0.333.